The molecule has 0 aromatic heterocycles. The van der Waals surface area contributed by atoms with E-state index in [4.69, 9.17) is 5.73 Å². The van der Waals surface area contributed by atoms with Crippen molar-refractivity contribution in [3.8, 4) is 0 Å². The Labute approximate surface area is 109 Å². The molecule has 0 aromatic rings. The summed E-state index contributed by atoms with van der Waals surface area (Å²) in [5, 5.41) is 3.49. The molecule has 1 amide bonds. The van der Waals surface area contributed by atoms with Crippen LogP contribution in [0.5, 0.6) is 0 Å². The van der Waals surface area contributed by atoms with Gasteiger partial charge >= 0.3 is 0 Å². The van der Waals surface area contributed by atoms with Gasteiger partial charge in [0.15, 0.2) is 0 Å². The van der Waals surface area contributed by atoms with Crippen molar-refractivity contribution in [3.63, 3.8) is 0 Å². The lowest BCUT2D eigenvalue weighted by atomic mass is 9.75. The average molecular weight is 251 g/mol. The largest absolute Gasteiger partial charge is 0.338 e. The van der Waals surface area contributed by atoms with Crippen LogP contribution in [0.2, 0.25) is 0 Å². The number of nitrogens with two attached hydrogens (primary N) is 1. The van der Waals surface area contributed by atoms with Crippen LogP contribution in [0.4, 0.5) is 0 Å². The molecule has 1 atom stereocenters. The van der Waals surface area contributed by atoms with Crippen molar-refractivity contribution in [2.24, 2.45) is 5.73 Å². The molecule has 0 spiro atoms. The monoisotopic (exact) mass is 251 g/mol. The van der Waals surface area contributed by atoms with Gasteiger partial charge in [-0.3, -0.25) is 4.79 Å². The van der Waals surface area contributed by atoms with Crippen molar-refractivity contribution < 1.29 is 4.79 Å². The highest BCUT2D eigenvalue weighted by atomic mass is 16.2. The maximum Gasteiger partial charge on any atom is 0.224 e. The summed E-state index contributed by atoms with van der Waals surface area (Å²) in [5.74, 6) is 0.299. The fourth-order valence-corrected chi connectivity index (χ4v) is 3.20. The first-order valence-corrected chi connectivity index (χ1v) is 7.48. The molecule has 0 radical (unpaired) electrons. The van der Waals surface area contributed by atoms with Crippen LogP contribution < -0.4 is 11.1 Å². The number of hydrogen-bond donors (Lipinski definition) is 2. The highest BCUT2D eigenvalue weighted by Crippen LogP contribution is 2.35. The van der Waals surface area contributed by atoms with Crippen molar-refractivity contribution >= 4 is 5.91 Å². The molecular weight excluding hydrogens is 226 g/mol. The summed E-state index contributed by atoms with van der Waals surface area (Å²) < 4.78 is 0. The summed E-state index contributed by atoms with van der Waals surface area (Å²) in [4.78, 5) is 14.6. The van der Waals surface area contributed by atoms with E-state index in [9.17, 15) is 4.79 Å². The second-order valence-electron chi connectivity index (χ2n) is 6.46. The summed E-state index contributed by atoms with van der Waals surface area (Å²) >= 11 is 0. The molecule has 1 aliphatic heterocycles. The summed E-state index contributed by atoms with van der Waals surface area (Å²) in [7, 11) is 0. The predicted molar refractivity (Wildman–Crippen MR) is 71.1 cm³/mol. The molecule has 0 aromatic carbocycles. The molecule has 4 nitrogen and oxygen atoms in total. The Hall–Kier alpha value is -0.610. The smallest absolute Gasteiger partial charge is 0.224 e. The molecule has 18 heavy (non-hydrogen) atoms. The van der Waals surface area contributed by atoms with E-state index in [-0.39, 0.29) is 5.54 Å². The van der Waals surface area contributed by atoms with Crippen LogP contribution in [0.15, 0.2) is 0 Å². The van der Waals surface area contributed by atoms with Crippen LogP contribution in [-0.2, 0) is 4.79 Å². The molecule has 4 heteroatoms. The quantitative estimate of drug-likeness (QED) is 0.766. The lowest BCUT2D eigenvalue weighted by Crippen LogP contribution is -2.52. The van der Waals surface area contributed by atoms with Gasteiger partial charge in [0.2, 0.25) is 5.91 Å². The van der Waals surface area contributed by atoms with Gasteiger partial charge in [-0.2, -0.15) is 0 Å². The van der Waals surface area contributed by atoms with E-state index < -0.39 is 0 Å². The topological polar surface area (TPSA) is 58.4 Å². The van der Waals surface area contributed by atoms with Gasteiger partial charge in [0.1, 0.15) is 0 Å². The summed E-state index contributed by atoms with van der Waals surface area (Å²) in [5.41, 5.74) is 6.03. The minimum Gasteiger partial charge on any atom is -0.338 e. The molecular formula is C14H25N3O. The zero-order valence-corrected chi connectivity index (χ0v) is 11.2. The highest BCUT2D eigenvalue weighted by molar-refractivity contribution is 5.78. The van der Waals surface area contributed by atoms with Gasteiger partial charge in [-0.1, -0.05) is 0 Å². The molecule has 3 rings (SSSR count). The zero-order valence-electron chi connectivity index (χ0n) is 11.2. The molecule has 2 aliphatic carbocycles. The Bertz CT molecular complexity index is 317. The molecule has 1 unspecified atom stereocenters. The van der Waals surface area contributed by atoms with E-state index in [2.05, 4.69) is 10.2 Å². The van der Waals surface area contributed by atoms with Crippen LogP contribution in [0, 0.1) is 0 Å². The van der Waals surface area contributed by atoms with Crippen LogP contribution in [0.1, 0.15) is 51.4 Å². The van der Waals surface area contributed by atoms with Crippen LogP contribution in [-0.4, -0.2) is 41.5 Å². The standard InChI is InChI=1S/C14H25N3O/c15-14(6-2-7-14)9-13(18)17(12-4-5-12)10-11-3-1-8-16-11/h11-12,16H,1-10,15H2. The molecule has 2 saturated carbocycles. The van der Waals surface area contributed by atoms with Gasteiger partial charge in [-0.25, -0.2) is 0 Å². The number of carbonyl (C=O) groups is 1. The first-order chi connectivity index (χ1) is 8.66. The highest BCUT2D eigenvalue weighted by Gasteiger charge is 2.40. The van der Waals surface area contributed by atoms with E-state index in [1.807, 2.05) is 0 Å². The van der Waals surface area contributed by atoms with Gasteiger partial charge in [0.05, 0.1) is 0 Å². The number of hydrogen-bond acceptors (Lipinski definition) is 3. The maximum absolute atomic E-state index is 12.4. The van der Waals surface area contributed by atoms with Crippen molar-refractivity contribution in [1.82, 2.24) is 10.2 Å². The molecule has 1 heterocycles. The van der Waals surface area contributed by atoms with E-state index in [1.54, 1.807) is 0 Å². The van der Waals surface area contributed by atoms with E-state index in [1.165, 1.54) is 32.1 Å². The SMILES string of the molecule is NC1(CC(=O)N(CC2CCCN2)C2CC2)CCC1. The molecule has 3 aliphatic rings. The molecule has 1 saturated heterocycles. The maximum atomic E-state index is 12.4. The Morgan fingerprint density at radius 3 is 2.56 bits per heavy atom. The lowest BCUT2D eigenvalue weighted by molar-refractivity contribution is -0.134. The molecule has 0 bridgehead atoms. The third-order valence-corrected chi connectivity index (χ3v) is 4.74. The Morgan fingerprint density at radius 2 is 2.06 bits per heavy atom. The normalized spacial score (nSPS) is 29.9. The fourth-order valence-electron chi connectivity index (χ4n) is 3.20. The zero-order chi connectivity index (χ0) is 12.6. The van der Waals surface area contributed by atoms with Crippen molar-refractivity contribution in [2.75, 3.05) is 13.1 Å². The minimum atomic E-state index is -0.173. The molecule has 3 N–H and O–H groups in total. The first-order valence-electron chi connectivity index (χ1n) is 7.48. The number of amides is 1. The number of rotatable bonds is 5. The minimum absolute atomic E-state index is 0.173. The van der Waals surface area contributed by atoms with E-state index >= 15 is 0 Å². The van der Waals surface area contributed by atoms with Crippen LogP contribution in [0.3, 0.4) is 0 Å². The summed E-state index contributed by atoms with van der Waals surface area (Å²) in [6.07, 6.45) is 8.65. The van der Waals surface area contributed by atoms with Crippen LogP contribution >= 0.6 is 0 Å². The average Bonchev–Trinajstić information content (AvgIpc) is 3.01. The first kappa shape index (κ1) is 12.4. The van der Waals surface area contributed by atoms with Gasteiger partial charge in [-0.15, -0.1) is 0 Å². The summed E-state index contributed by atoms with van der Waals surface area (Å²) in [6.45, 7) is 2.01. The van der Waals surface area contributed by atoms with E-state index in [0.29, 0.717) is 24.4 Å². The second kappa shape index (κ2) is 4.82. The van der Waals surface area contributed by atoms with Crippen molar-refractivity contribution in [1.29, 1.82) is 0 Å². The number of nitrogens with zero attached hydrogens (tertiary/aromatic N) is 1. The van der Waals surface area contributed by atoms with Crippen molar-refractivity contribution in [2.45, 2.75) is 69.0 Å². The van der Waals surface area contributed by atoms with Gasteiger partial charge in [0.25, 0.3) is 0 Å². The Balaban J connectivity index is 1.56. The third kappa shape index (κ3) is 2.69. The Kier molecular flexibility index (Phi) is 3.32. The van der Waals surface area contributed by atoms with Gasteiger partial charge in [0, 0.05) is 30.6 Å². The molecule has 3 fully saturated rings. The van der Waals surface area contributed by atoms with Crippen LogP contribution in [0.25, 0.3) is 0 Å². The van der Waals surface area contributed by atoms with E-state index in [0.717, 1.165) is 25.9 Å². The molecule has 102 valence electrons. The van der Waals surface area contributed by atoms with Gasteiger partial charge in [-0.05, 0) is 51.5 Å². The fraction of sp³-hybridized carbons (Fsp3) is 0.929. The summed E-state index contributed by atoms with van der Waals surface area (Å²) in [6, 6.07) is 1.04. The number of carbonyl (C=O) groups excluding carboxylic acids is 1. The van der Waals surface area contributed by atoms with Gasteiger partial charge < -0.3 is 16.0 Å². The number of nitrogens with one attached hydrogen (secondary N) is 1. The predicted octanol–water partition coefficient (Wildman–Crippen LogP) is 1.00. The van der Waals surface area contributed by atoms with Crippen molar-refractivity contribution in [3.05, 3.63) is 0 Å². The lowest BCUT2D eigenvalue weighted by Gasteiger charge is -2.39. The third-order valence-electron chi connectivity index (χ3n) is 4.74. The second-order valence-corrected chi connectivity index (χ2v) is 6.46. The Morgan fingerprint density at radius 1 is 1.28 bits per heavy atom.